The van der Waals surface area contributed by atoms with E-state index in [0.717, 1.165) is 38.0 Å². The van der Waals surface area contributed by atoms with Crippen LogP contribution in [0.1, 0.15) is 65.7 Å². The van der Waals surface area contributed by atoms with Gasteiger partial charge >= 0.3 is 0 Å². The predicted molar refractivity (Wildman–Crippen MR) is 85.1 cm³/mol. The van der Waals surface area contributed by atoms with Crippen molar-refractivity contribution < 1.29 is 8.42 Å². The Morgan fingerprint density at radius 3 is 2.15 bits per heavy atom. The SMILES string of the molecule is CCCN(C1(CN)CCC(CC)CC1)S(=O)(=O)CCC. The summed E-state index contributed by atoms with van der Waals surface area (Å²) in [5.74, 6) is 0.985. The molecule has 1 saturated carbocycles. The summed E-state index contributed by atoms with van der Waals surface area (Å²) >= 11 is 0. The van der Waals surface area contributed by atoms with Crippen molar-refractivity contribution in [1.29, 1.82) is 0 Å². The number of sulfonamides is 1. The van der Waals surface area contributed by atoms with Crippen molar-refractivity contribution in [2.45, 2.75) is 71.3 Å². The third-order valence-electron chi connectivity index (χ3n) is 4.75. The first-order chi connectivity index (χ1) is 9.45. The van der Waals surface area contributed by atoms with Gasteiger partial charge in [-0.3, -0.25) is 0 Å². The molecule has 0 atom stereocenters. The molecular formula is C15H32N2O2S. The van der Waals surface area contributed by atoms with Gasteiger partial charge in [0.1, 0.15) is 0 Å². The van der Waals surface area contributed by atoms with Crippen LogP contribution in [0.3, 0.4) is 0 Å². The van der Waals surface area contributed by atoms with Crippen LogP contribution in [0.4, 0.5) is 0 Å². The summed E-state index contributed by atoms with van der Waals surface area (Å²) < 4.78 is 27.0. The molecule has 120 valence electrons. The van der Waals surface area contributed by atoms with E-state index in [-0.39, 0.29) is 11.3 Å². The van der Waals surface area contributed by atoms with Gasteiger partial charge < -0.3 is 5.73 Å². The first-order valence-electron chi connectivity index (χ1n) is 8.16. The molecule has 0 amide bonds. The Kier molecular flexibility index (Phi) is 6.95. The van der Waals surface area contributed by atoms with E-state index in [9.17, 15) is 8.42 Å². The number of nitrogens with zero attached hydrogens (tertiary/aromatic N) is 1. The van der Waals surface area contributed by atoms with E-state index in [1.165, 1.54) is 6.42 Å². The number of rotatable bonds is 8. The lowest BCUT2D eigenvalue weighted by Gasteiger charge is -2.46. The van der Waals surface area contributed by atoms with Crippen LogP contribution in [0.25, 0.3) is 0 Å². The normalized spacial score (nSPS) is 27.9. The van der Waals surface area contributed by atoms with E-state index >= 15 is 0 Å². The molecule has 5 heteroatoms. The zero-order chi connectivity index (χ0) is 15.2. The largest absolute Gasteiger partial charge is 0.329 e. The molecule has 0 aliphatic heterocycles. The average Bonchev–Trinajstić information content (AvgIpc) is 2.44. The first kappa shape index (κ1) is 17.9. The summed E-state index contributed by atoms with van der Waals surface area (Å²) in [5, 5.41) is 0. The van der Waals surface area contributed by atoms with Gasteiger partial charge in [-0.15, -0.1) is 0 Å². The fraction of sp³-hybridized carbons (Fsp3) is 1.00. The van der Waals surface area contributed by atoms with Crippen molar-refractivity contribution in [1.82, 2.24) is 4.31 Å². The van der Waals surface area contributed by atoms with Crippen molar-refractivity contribution in [3.05, 3.63) is 0 Å². The maximum atomic E-state index is 12.6. The fourth-order valence-electron chi connectivity index (χ4n) is 3.42. The standard InChI is InChI=1S/C15H32N2O2S/c1-4-11-17(20(18,19)12-5-2)15(13-16)9-7-14(6-3)8-10-15/h14H,4-13,16H2,1-3H3. The monoisotopic (exact) mass is 304 g/mol. The Morgan fingerprint density at radius 1 is 1.15 bits per heavy atom. The molecule has 2 N–H and O–H groups in total. The van der Waals surface area contributed by atoms with E-state index in [2.05, 4.69) is 6.92 Å². The van der Waals surface area contributed by atoms with Crippen molar-refractivity contribution in [3.8, 4) is 0 Å². The van der Waals surface area contributed by atoms with Gasteiger partial charge in [0.05, 0.1) is 5.75 Å². The van der Waals surface area contributed by atoms with Crippen LogP contribution in [-0.4, -0.2) is 37.1 Å². The molecule has 1 rings (SSSR count). The van der Waals surface area contributed by atoms with Gasteiger partial charge in [-0.25, -0.2) is 8.42 Å². The number of nitrogens with two attached hydrogens (primary N) is 1. The molecule has 0 aromatic rings. The molecule has 0 heterocycles. The average molecular weight is 305 g/mol. The Morgan fingerprint density at radius 2 is 1.75 bits per heavy atom. The highest BCUT2D eigenvalue weighted by molar-refractivity contribution is 7.89. The second kappa shape index (κ2) is 7.76. The lowest BCUT2D eigenvalue weighted by Crippen LogP contribution is -2.58. The molecule has 0 bridgehead atoms. The van der Waals surface area contributed by atoms with Crippen LogP contribution in [0.2, 0.25) is 0 Å². The molecular weight excluding hydrogens is 272 g/mol. The summed E-state index contributed by atoms with van der Waals surface area (Å²) in [6, 6.07) is 0. The molecule has 0 saturated heterocycles. The fourth-order valence-corrected chi connectivity index (χ4v) is 5.47. The highest BCUT2D eigenvalue weighted by Crippen LogP contribution is 2.38. The lowest BCUT2D eigenvalue weighted by atomic mass is 9.75. The molecule has 0 spiro atoms. The van der Waals surface area contributed by atoms with Crippen LogP contribution in [0.15, 0.2) is 0 Å². The molecule has 1 aliphatic carbocycles. The van der Waals surface area contributed by atoms with Gasteiger partial charge in [0.15, 0.2) is 0 Å². The van der Waals surface area contributed by atoms with Gasteiger partial charge in [0, 0.05) is 18.6 Å². The smallest absolute Gasteiger partial charge is 0.214 e. The van der Waals surface area contributed by atoms with Crippen LogP contribution in [-0.2, 0) is 10.0 Å². The summed E-state index contributed by atoms with van der Waals surface area (Å²) in [6.45, 7) is 7.24. The maximum Gasteiger partial charge on any atom is 0.214 e. The van der Waals surface area contributed by atoms with E-state index in [0.29, 0.717) is 19.5 Å². The minimum atomic E-state index is -3.18. The zero-order valence-electron chi connectivity index (χ0n) is 13.4. The van der Waals surface area contributed by atoms with E-state index in [4.69, 9.17) is 5.73 Å². The number of hydrogen-bond donors (Lipinski definition) is 1. The van der Waals surface area contributed by atoms with Crippen LogP contribution in [0.5, 0.6) is 0 Å². The summed E-state index contributed by atoms with van der Waals surface area (Å²) in [6.07, 6.45) is 6.76. The van der Waals surface area contributed by atoms with E-state index < -0.39 is 10.0 Å². The molecule has 1 fully saturated rings. The summed E-state index contributed by atoms with van der Waals surface area (Å²) in [5.41, 5.74) is 5.72. The van der Waals surface area contributed by atoms with Gasteiger partial charge in [-0.2, -0.15) is 4.31 Å². The topological polar surface area (TPSA) is 63.4 Å². The molecule has 0 unspecified atom stereocenters. The van der Waals surface area contributed by atoms with Crippen molar-refractivity contribution >= 4 is 10.0 Å². The molecule has 1 aliphatic rings. The summed E-state index contributed by atoms with van der Waals surface area (Å²) in [4.78, 5) is 0. The highest BCUT2D eigenvalue weighted by Gasteiger charge is 2.43. The van der Waals surface area contributed by atoms with Gasteiger partial charge in [-0.05, 0) is 44.4 Å². The Hall–Kier alpha value is -0.130. The molecule has 4 nitrogen and oxygen atoms in total. The second-order valence-corrected chi connectivity index (χ2v) is 8.18. The third-order valence-corrected chi connectivity index (χ3v) is 6.91. The number of hydrogen-bond acceptors (Lipinski definition) is 3. The van der Waals surface area contributed by atoms with Gasteiger partial charge in [0.2, 0.25) is 10.0 Å². The third kappa shape index (κ3) is 3.95. The molecule has 0 aromatic heterocycles. The molecule has 0 aromatic carbocycles. The first-order valence-corrected chi connectivity index (χ1v) is 9.77. The molecule has 0 radical (unpaired) electrons. The Bertz CT molecular complexity index is 373. The van der Waals surface area contributed by atoms with Gasteiger partial charge in [-0.1, -0.05) is 27.2 Å². The highest BCUT2D eigenvalue weighted by atomic mass is 32.2. The second-order valence-electron chi connectivity index (χ2n) is 6.17. The minimum Gasteiger partial charge on any atom is -0.329 e. The van der Waals surface area contributed by atoms with Crippen molar-refractivity contribution in [3.63, 3.8) is 0 Å². The van der Waals surface area contributed by atoms with Crippen LogP contribution in [0, 0.1) is 5.92 Å². The quantitative estimate of drug-likeness (QED) is 0.750. The summed E-state index contributed by atoms with van der Waals surface area (Å²) in [7, 11) is -3.18. The molecule has 20 heavy (non-hydrogen) atoms. The minimum absolute atomic E-state index is 0.242. The van der Waals surface area contributed by atoms with Crippen molar-refractivity contribution in [2.75, 3.05) is 18.8 Å². The van der Waals surface area contributed by atoms with E-state index in [1.807, 2.05) is 13.8 Å². The van der Waals surface area contributed by atoms with Crippen molar-refractivity contribution in [2.24, 2.45) is 11.7 Å². The zero-order valence-corrected chi connectivity index (χ0v) is 14.2. The van der Waals surface area contributed by atoms with Gasteiger partial charge in [0.25, 0.3) is 0 Å². The Labute approximate surface area is 125 Å². The van der Waals surface area contributed by atoms with Crippen LogP contribution < -0.4 is 5.73 Å². The van der Waals surface area contributed by atoms with Crippen LogP contribution >= 0.6 is 0 Å². The maximum absolute atomic E-state index is 12.6. The predicted octanol–water partition coefficient (Wildman–Crippen LogP) is 2.74. The van der Waals surface area contributed by atoms with E-state index in [1.54, 1.807) is 4.31 Å². The Balaban J connectivity index is 2.98. The lowest BCUT2D eigenvalue weighted by molar-refractivity contribution is 0.110.